The highest BCUT2D eigenvalue weighted by atomic mass is 19.1. The SMILES string of the molecule is CN=C(NCc1cccc(C(=O)NC)c1)N1CCN(c2cc(F)ccc2F)CC1. The Morgan fingerprint density at radius 3 is 2.55 bits per heavy atom. The van der Waals surface area contributed by atoms with Crippen LogP contribution in [-0.4, -0.2) is 57.0 Å². The summed E-state index contributed by atoms with van der Waals surface area (Å²) in [5, 5.41) is 5.92. The van der Waals surface area contributed by atoms with Gasteiger partial charge in [0, 0.05) is 58.4 Å². The zero-order chi connectivity index (χ0) is 20.8. The van der Waals surface area contributed by atoms with E-state index in [1.165, 1.54) is 6.07 Å². The first-order valence-corrected chi connectivity index (χ1v) is 9.48. The molecular weight excluding hydrogens is 376 g/mol. The molecule has 2 aromatic rings. The zero-order valence-electron chi connectivity index (χ0n) is 16.6. The number of amides is 1. The number of nitrogens with one attached hydrogen (secondary N) is 2. The highest BCUT2D eigenvalue weighted by Gasteiger charge is 2.22. The van der Waals surface area contributed by atoms with Gasteiger partial charge in [0.2, 0.25) is 0 Å². The van der Waals surface area contributed by atoms with Crippen LogP contribution in [0, 0.1) is 11.6 Å². The predicted molar refractivity (Wildman–Crippen MR) is 110 cm³/mol. The minimum Gasteiger partial charge on any atom is -0.366 e. The summed E-state index contributed by atoms with van der Waals surface area (Å²) < 4.78 is 27.5. The molecule has 1 amide bonds. The van der Waals surface area contributed by atoms with Crippen LogP contribution < -0.4 is 15.5 Å². The van der Waals surface area contributed by atoms with E-state index in [2.05, 4.69) is 20.5 Å². The number of nitrogens with zero attached hydrogens (tertiary/aromatic N) is 3. The Bertz CT molecular complexity index is 894. The smallest absolute Gasteiger partial charge is 0.251 e. The number of rotatable bonds is 4. The Morgan fingerprint density at radius 2 is 1.86 bits per heavy atom. The molecule has 1 aliphatic heterocycles. The first-order valence-electron chi connectivity index (χ1n) is 9.48. The molecule has 0 atom stereocenters. The number of piperazine rings is 1. The van der Waals surface area contributed by atoms with Crippen LogP contribution in [0.3, 0.4) is 0 Å². The number of hydrogen-bond donors (Lipinski definition) is 2. The van der Waals surface area contributed by atoms with E-state index in [9.17, 15) is 13.6 Å². The third kappa shape index (κ3) is 5.01. The molecule has 2 aromatic carbocycles. The number of hydrogen-bond acceptors (Lipinski definition) is 3. The van der Waals surface area contributed by atoms with Crippen LogP contribution in [0.2, 0.25) is 0 Å². The van der Waals surface area contributed by atoms with Crippen LogP contribution in [-0.2, 0) is 6.54 Å². The Hall–Kier alpha value is -3.16. The molecule has 3 rings (SSSR count). The third-order valence-corrected chi connectivity index (χ3v) is 4.91. The molecular formula is C21H25F2N5O. The molecule has 0 radical (unpaired) electrons. The largest absolute Gasteiger partial charge is 0.366 e. The van der Waals surface area contributed by atoms with Gasteiger partial charge >= 0.3 is 0 Å². The second-order valence-corrected chi connectivity index (χ2v) is 6.75. The fraction of sp³-hybridized carbons (Fsp3) is 0.333. The molecule has 2 N–H and O–H groups in total. The summed E-state index contributed by atoms with van der Waals surface area (Å²) in [6.45, 7) is 2.92. The van der Waals surface area contributed by atoms with Crippen LogP contribution in [0.5, 0.6) is 0 Å². The van der Waals surface area contributed by atoms with Crippen molar-refractivity contribution < 1.29 is 13.6 Å². The van der Waals surface area contributed by atoms with E-state index in [1.54, 1.807) is 20.2 Å². The molecule has 0 spiro atoms. The van der Waals surface area contributed by atoms with Crippen molar-refractivity contribution in [2.75, 3.05) is 45.2 Å². The van der Waals surface area contributed by atoms with E-state index in [0.29, 0.717) is 44.0 Å². The molecule has 1 fully saturated rings. The molecule has 29 heavy (non-hydrogen) atoms. The molecule has 1 aliphatic rings. The van der Waals surface area contributed by atoms with Crippen LogP contribution in [0.15, 0.2) is 47.5 Å². The predicted octanol–water partition coefficient (Wildman–Crippen LogP) is 2.22. The first kappa shape index (κ1) is 20.6. The molecule has 154 valence electrons. The minimum atomic E-state index is -0.444. The van der Waals surface area contributed by atoms with E-state index < -0.39 is 11.6 Å². The Balaban J connectivity index is 1.58. The van der Waals surface area contributed by atoms with Gasteiger partial charge in [-0.05, 0) is 29.8 Å². The maximum atomic E-state index is 14.0. The van der Waals surface area contributed by atoms with E-state index in [1.807, 2.05) is 23.1 Å². The summed E-state index contributed by atoms with van der Waals surface area (Å²) in [6, 6.07) is 10.9. The van der Waals surface area contributed by atoms with Gasteiger partial charge in [0.15, 0.2) is 5.96 Å². The van der Waals surface area contributed by atoms with Crippen LogP contribution >= 0.6 is 0 Å². The summed E-state index contributed by atoms with van der Waals surface area (Å²) in [7, 11) is 3.31. The maximum Gasteiger partial charge on any atom is 0.251 e. The van der Waals surface area contributed by atoms with Crippen LogP contribution in [0.4, 0.5) is 14.5 Å². The highest BCUT2D eigenvalue weighted by Crippen LogP contribution is 2.22. The van der Waals surface area contributed by atoms with Gasteiger partial charge in [0.05, 0.1) is 5.69 Å². The molecule has 0 bridgehead atoms. The van der Waals surface area contributed by atoms with Crippen molar-refractivity contribution in [1.29, 1.82) is 0 Å². The molecule has 1 saturated heterocycles. The van der Waals surface area contributed by atoms with E-state index in [-0.39, 0.29) is 5.91 Å². The average Bonchev–Trinajstić information content (AvgIpc) is 2.76. The number of aliphatic imine (C=N–C) groups is 1. The standard InChI is InChI=1S/C21H25F2N5O/c1-24-20(29)16-5-3-4-15(12-16)14-26-21(25-2)28-10-8-27(9-11-28)19-13-17(22)6-7-18(19)23/h3-7,12-13H,8-11,14H2,1-2H3,(H,24,29)(H,25,26). The van der Waals surface area contributed by atoms with Crippen molar-refractivity contribution in [1.82, 2.24) is 15.5 Å². The van der Waals surface area contributed by atoms with Gasteiger partial charge in [-0.3, -0.25) is 9.79 Å². The number of guanidine groups is 1. The van der Waals surface area contributed by atoms with Gasteiger partial charge in [-0.1, -0.05) is 12.1 Å². The number of halogens is 2. The molecule has 6 nitrogen and oxygen atoms in total. The summed E-state index contributed by atoms with van der Waals surface area (Å²) in [5.41, 5.74) is 1.86. The Morgan fingerprint density at radius 1 is 1.10 bits per heavy atom. The number of carbonyl (C=O) groups is 1. The lowest BCUT2D eigenvalue weighted by molar-refractivity contribution is 0.0963. The van der Waals surface area contributed by atoms with E-state index >= 15 is 0 Å². The van der Waals surface area contributed by atoms with Crippen molar-refractivity contribution in [3.63, 3.8) is 0 Å². The average molecular weight is 401 g/mol. The number of benzene rings is 2. The van der Waals surface area contributed by atoms with Crippen LogP contribution in [0.25, 0.3) is 0 Å². The van der Waals surface area contributed by atoms with Gasteiger partial charge in [0.25, 0.3) is 5.91 Å². The number of carbonyl (C=O) groups excluding carboxylic acids is 1. The number of anilines is 1. The van der Waals surface area contributed by atoms with Gasteiger partial charge in [-0.2, -0.15) is 0 Å². The lowest BCUT2D eigenvalue weighted by atomic mass is 10.1. The fourth-order valence-electron chi connectivity index (χ4n) is 3.37. The Labute approximate surface area is 169 Å². The first-order chi connectivity index (χ1) is 14.0. The highest BCUT2D eigenvalue weighted by molar-refractivity contribution is 5.94. The Kier molecular flexibility index (Phi) is 6.64. The molecule has 0 aliphatic carbocycles. The van der Waals surface area contributed by atoms with Gasteiger partial charge in [-0.15, -0.1) is 0 Å². The fourth-order valence-corrected chi connectivity index (χ4v) is 3.37. The summed E-state index contributed by atoms with van der Waals surface area (Å²) >= 11 is 0. The molecule has 0 saturated carbocycles. The summed E-state index contributed by atoms with van der Waals surface area (Å²) in [4.78, 5) is 20.0. The van der Waals surface area contributed by atoms with Gasteiger partial charge in [-0.25, -0.2) is 8.78 Å². The van der Waals surface area contributed by atoms with E-state index in [4.69, 9.17) is 0 Å². The second-order valence-electron chi connectivity index (χ2n) is 6.75. The quantitative estimate of drug-likeness (QED) is 0.609. The monoisotopic (exact) mass is 401 g/mol. The lowest BCUT2D eigenvalue weighted by Crippen LogP contribution is -2.52. The maximum absolute atomic E-state index is 14.0. The zero-order valence-corrected chi connectivity index (χ0v) is 16.6. The topological polar surface area (TPSA) is 60.0 Å². The third-order valence-electron chi connectivity index (χ3n) is 4.91. The van der Waals surface area contributed by atoms with Crippen LogP contribution in [0.1, 0.15) is 15.9 Å². The van der Waals surface area contributed by atoms with Crippen molar-refractivity contribution in [3.8, 4) is 0 Å². The van der Waals surface area contributed by atoms with Gasteiger partial charge in [0.1, 0.15) is 11.6 Å². The summed E-state index contributed by atoms with van der Waals surface area (Å²) in [6.07, 6.45) is 0. The minimum absolute atomic E-state index is 0.128. The second kappa shape index (κ2) is 9.36. The lowest BCUT2D eigenvalue weighted by Gasteiger charge is -2.37. The van der Waals surface area contributed by atoms with Gasteiger partial charge < -0.3 is 20.4 Å². The summed E-state index contributed by atoms with van der Waals surface area (Å²) in [5.74, 6) is -0.259. The van der Waals surface area contributed by atoms with Crippen molar-refractivity contribution in [2.45, 2.75) is 6.54 Å². The van der Waals surface area contributed by atoms with Crippen molar-refractivity contribution in [3.05, 3.63) is 65.2 Å². The normalized spacial score (nSPS) is 14.7. The molecule has 0 unspecified atom stereocenters. The molecule has 1 heterocycles. The van der Waals surface area contributed by atoms with Crippen molar-refractivity contribution >= 4 is 17.6 Å². The molecule has 0 aromatic heterocycles. The van der Waals surface area contributed by atoms with E-state index in [0.717, 1.165) is 23.7 Å². The molecule has 8 heteroatoms. The van der Waals surface area contributed by atoms with Crippen molar-refractivity contribution in [2.24, 2.45) is 4.99 Å².